The van der Waals surface area contributed by atoms with Gasteiger partial charge in [0.2, 0.25) is 0 Å². The lowest BCUT2D eigenvalue weighted by molar-refractivity contribution is -0.384. The molecule has 1 heterocycles. The molecule has 35 heavy (non-hydrogen) atoms. The number of rotatable bonds is 6. The van der Waals surface area contributed by atoms with Gasteiger partial charge in [0, 0.05) is 34.3 Å². The summed E-state index contributed by atoms with van der Waals surface area (Å²) in [4.78, 5) is 35.6. The Balaban J connectivity index is 1.33. The van der Waals surface area contributed by atoms with Crippen LogP contribution in [0.15, 0.2) is 78.9 Å². The fourth-order valence-electron chi connectivity index (χ4n) is 4.79. The molecule has 0 saturated carbocycles. The van der Waals surface area contributed by atoms with Crippen LogP contribution in [0.3, 0.4) is 0 Å². The number of anilines is 1. The van der Waals surface area contributed by atoms with Gasteiger partial charge in [0.15, 0.2) is 12.4 Å². The highest BCUT2D eigenvalue weighted by Gasteiger charge is 2.38. The molecule has 0 saturated heterocycles. The molecule has 0 fully saturated rings. The first-order chi connectivity index (χ1) is 16.9. The van der Waals surface area contributed by atoms with Crippen LogP contribution in [0.5, 0.6) is 0 Å². The number of nitrogens with one attached hydrogen (secondary N) is 1. The largest absolute Gasteiger partial charge is 0.454 e. The second kappa shape index (κ2) is 9.35. The third-order valence-corrected chi connectivity index (χ3v) is 6.81. The molecule has 0 unspecified atom stereocenters. The average molecular weight is 489 g/mol. The smallest absolute Gasteiger partial charge is 0.338 e. The summed E-state index contributed by atoms with van der Waals surface area (Å²) in [5.41, 5.74) is 3.72. The number of non-ortho nitro benzene ring substituents is 1. The number of fused-ring (bicyclic) bond motifs is 3. The van der Waals surface area contributed by atoms with E-state index in [0.29, 0.717) is 16.1 Å². The molecule has 0 radical (unpaired) electrons. The van der Waals surface area contributed by atoms with E-state index in [1.165, 1.54) is 12.1 Å². The van der Waals surface area contributed by atoms with Gasteiger partial charge in [-0.2, -0.15) is 0 Å². The summed E-state index contributed by atoms with van der Waals surface area (Å²) in [7, 11) is 0. The lowest BCUT2D eigenvalue weighted by Gasteiger charge is -2.37. The van der Waals surface area contributed by atoms with Gasteiger partial charge in [-0.25, -0.2) is 4.79 Å². The van der Waals surface area contributed by atoms with Crippen molar-refractivity contribution in [1.29, 1.82) is 0 Å². The topological polar surface area (TPSA) is 98.5 Å². The number of nitro groups is 1. The summed E-state index contributed by atoms with van der Waals surface area (Å²) in [5.74, 6) is -0.567. The molecule has 1 aliphatic heterocycles. The Hall–Kier alpha value is -3.97. The van der Waals surface area contributed by atoms with Crippen LogP contribution in [0.1, 0.15) is 50.2 Å². The SMILES string of the molecule is O=C(COC(=O)c1ccc2c(c1)[C@H]1C=CC[C@@H]1[C@@H](c1ccc([N+](=O)[O-])cc1)N2)c1ccc(Cl)cc1. The molecule has 3 aromatic rings. The van der Waals surface area contributed by atoms with Crippen LogP contribution < -0.4 is 5.32 Å². The molecule has 2 aliphatic rings. The first-order valence-corrected chi connectivity index (χ1v) is 11.6. The molecule has 5 rings (SSSR count). The van der Waals surface area contributed by atoms with Gasteiger partial charge < -0.3 is 10.1 Å². The van der Waals surface area contributed by atoms with E-state index in [1.807, 2.05) is 12.1 Å². The quantitative estimate of drug-likeness (QED) is 0.148. The zero-order valence-electron chi connectivity index (χ0n) is 18.5. The number of hydrogen-bond acceptors (Lipinski definition) is 6. The van der Waals surface area contributed by atoms with Crippen LogP contribution in [-0.4, -0.2) is 23.3 Å². The van der Waals surface area contributed by atoms with Crippen molar-refractivity contribution in [2.45, 2.75) is 18.4 Å². The maximum Gasteiger partial charge on any atom is 0.338 e. The van der Waals surface area contributed by atoms with Crippen LogP contribution >= 0.6 is 11.6 Å². The third-order valence-electron chi connectivity index (χ3n) is 6.56. The van der Waals surface area contributed by atoms with Crippen LogP contribution in [0.25, 0.3) is 0 Å². The monoisotopic (exact) mass is 488 g/mol. The zero-order valence-corrected chi connectivity index (χ0v) is 19.3. The first kappa shape index (κ1) is 22.8. The molecule has 0 spiro atoms. The highest BCUT2D eigenvalue weighted by atomic mass is 35.5. The Kier molecular flexibility index (Phi) is 6.09. The van der Waals surface area contributed by atoms with E-state index in [0.717, 1.165) is 23.2 Å². The van der Waals surface area contributed by atoms with Gasteiger partial charge in [0.05, 0.1) is 16.5 Å². The number of nitro benzene ring substituents is 1. The van der Waals surface area contributed by atoms with E-state index >= 15 is 0 Å². The Morgan fingerprint density at radius 2 is 1.74 bits per heavy atom. The molecule has 1 N–H and O–H groups in total. The van der Waals surface area contributed by atoms with E-state index in [2.05, 4.69) is 17.5 Å². The van der Waals surface area contributed by atoms with Crippen LogP contribution in [0, 0.1) is 16.0 Å². The third kappa shape index (κ3) is 4.55. The minimum atomic E-state index is -0.564. The minimum absolute atomic E-state index is 0.0156. The normalized spacial score (nSPS) is 19.9. The number of ketones is 1. The fraction of sp³-hybridized carbons (Fsp3) is 0.185. The van der Waals surface area contributed by atoms with Gasteiger partial charge >= 0.3 is 5.97 Å². The van der Waals surface area contributed by atoms with Crippen LogP contribution in [0.4, 0.5) is 11.4 Å². The summed E-state index contributed by atoms with van der Waals surface area (Å²) < 4.78 is 5.28. The number of benzene rings is 3. The Labute approximate surface area is 206 Å². The van der Waals surface area contributed by atoms with Gasteiger partial charge in [0.1, 0.15) is 0 Å². The summed E-state index contributed by atoms with van der Waals surface area (Å²) in [6.45, 7) is -0.357. The maximum absolute atomic E-state index is 12.7. The molecule has 0 aromatic heterocycles. The summed E-state index contributed by atoms with van der Waals surface area (Å²) in [6.07, 6.45) is 5.12. The molecular weight excluding hydrogens is 468 g/mol. The predicted molar refractivity (Wildman–Crippen MR) is 132 cm³/mol. The number of esters is 1. The second-order valence-corrected chi connectivity index (χ2v) is 9.07. The van der Waals surface area contributed by atoms with Crippen molar-refractivity contribution < 1.29 is 19.2 Å². The molecule has 0 bridgehead atoms. The van der Waals surface area contributed by atoms with Crippen molar-refractivity contribution in [3.8, 4) is 0 Å². The molecule has 3 atom stereocenters. The summed E-state index contributed by atoms with van der Waals surface area (Å²) in [5, 5.41) is 15.1. The number of ether oxygens (including phenoxy) is 1. The number of carbonyl (C=O) groups excluding carboxylic acids is 2. The van der Waals surface area contributed by atoms with E-state index in [1.54, 1.807) is 42.5 Å². The highest BCUT2D eigenvalue weighted by Crippen LogP contribution is 2.50. The molecule has 7 nitrogen and oxygen atoms in total. The van der Waals surface area contributed by atoms with Gasteiger partial charge in [0.25, 0.3) is 5.69 Å². The van der Waals surface area contributed by atoms with E-state index in [9.17, 15) is 19.7 Å². The fourth-order valence-corrected chi connectivity index (χ4v) is 4.91. The molecule has 3 aromatic carbocycles. The molecule has 8 heteroatoms. The maximum atomic E-state index is 12.7. The van der Waals surface area contributed by atoms with E-state index < -0.39 is 10.9 Å². The lowest BCUT2D eigenvalue weighted by Crippen LogP contribution is -2.29. The van der Waals surface area contributed by atoms with Crippen molar-refractivity contribution >= 4 is 34.7 Å². The molecule has 0 amide bonds. The predicted octanol–water partition coefficient (Wildman–Crippen LogP) is 6.11. The number of allylic oxidation sites excluding steroid dienone is 2. The summed E-state index contributed by atoms with van der Waals surface area (Å²) >= 11 is 5.85. The summed E-state index contributed by atoms with van der Waals surface area (Å²) in [6, 6.07) is 18.4. The highest BCUT2D eigenvalue weighted by molar-refractivity contribution is 6.30. The average Bonchev–Trinajstić information content (AvgIpc) is 3.37. The van der Waals surface area contributed by atoms with Gasteiger partial charge in [-0.3, -0.25) is 14.9 Å². The number of Topliss-reactive ketones (excluding diaryl/α,β-unsaturated/α-hetero) is 1. The zero-order chi connectivity index (χ0) is 24.5. The molecule has 1 aliphatic carbocycles. The van der Waals surface area contributed by atoms with Crippen LogP contribution in [0.2, 0.25) is 5.02 Å². The first-order valence-electron chi connectivity index (χ1n) is 11.2. The Morgan fingerprint density at radius 3 is 2.46 bits per heavy atom. The Morgan fingerprint density at radius 1 is 1.03 bits per heavy atom. The van der Waals surface area contributed by atoms with Crippen molar-refractivity contribution in [3.05, 3.63) is 116 Å². The van der Waals surface area contributed by atoms with Gasteiger partial charge in [-0.15, -0.1) is 0 Å². The number of halogens is 1. The van der Waals surface area contributed by atoms with Crippen LogP contribution in [-0.2, 0) is 4.74 Å². The molecule has 176 valence electrons. The Bertz CT molecular complexity index is 1330. The van der Waals surface area contributed by atoms with Crippen molar-refractivity contribution in [3.63, 3.8) is 0 Å². The van der Waals surface area contributed by atoms with Gasteiger partial charge in [-0.1, -0.05) is 35.9 Å². The van der Waals surface area contributed by atoms with E-state index in [4.69, 9.17) is 16.3 Å². The van der Waals surface area contributed by atoms with Crippen molar-refractivity contribution in [2.75, 3.05) is 11.9 Å². The number of carbonyl (C=O) groups is 2. The number of nitrogens with zero attached hydrogens (tertiary/aromatic N) is 1. The second-order valence-electron chi connectivity index (χ2n) is 8.63. The van der Waals surface area contributed by atoms with Gasteiger partial charge in [-0.05, 0) is 65.9 Å². The van der Waals surface area contributed by atoms with Crippen molar-refractivity contribution in [1.82, 2.24) is 0 Å². The number of hydrogen-bond donors (Lipinski definition) is 1. The standard InChI is InChI=1S/C27H21ClN2O5/c28-19-9-4-16(5-10-19)25(31)15-35-27(32)18-8-13-24-23(14-18)21-2-1-3-22(21)26(29-24)17-6-11-20(12-7-17)30(33)34/h1-2,4-14,21-22,26,29H,3,15H2/t21-,22-,26+/m0/s1. The lowest BCUT2D eigenvalue weighted by atomic mass is 9.76. The minimum Gasteiger partial charge on any atom is -0.454 e. The molecular formula is C27H21ClN2O5. The van der Waals surface area contributed by atoms with Crippen molar-refractivity contribution in [2.24, 2.45) is 5.92 Å². The van der Waals surface area contributed by atoms with E-state index in [-0.39, 0.29) is 36.0 Å².